The minimum absolute atomic E-state index is 0.0844. The van der Waals surface area contributed by atoms with E-state index in [1.54, 1.807) is 18.2 Å². The smallest absolute Gasteiger partial charge is 0.321 e. The Hall–Kier alpha value is -2.78. The molecule has 2 aromatic rings. The van der Waals surface area contributed by atoms with Crippen LogP contribution < -0.4 is 14.8 Å². The largest absolute Gasteiger partial charge is 0.496 e. The molecule has 1 aliphatic heterocycles. The van der Waals surface area contributed by atoms with Gasteiger partial charge in [-0.3, -0.25) is 20.2 Å². The van der Waals surface area contributed by atoms with Gasteiger partial charge in [-0.15, -0.1) is 11.8 Å². The highest BCUT2D eigenvalue weighted by Gasteiger charge is 2.30. The number of methoxy groups -OCH3 is 1. The molecule has 1 fully saturated rings. The average molecular weight is 404 g/mol. The molecule has 1 aliphatic rings. The van der Waals surface area contributed by atoms with Crippen LogP contribution in [0.15, 0.2) is 36.4 Å². The number of hydrogen-bond acceptors (Lipinski definition) is 7. The van der Waals surface area contributed by atoms with Gasteiger partial charge in [-0.2, -0.15) is 0 Å². The van der Waals surface area contributed by atoms with Gasteiger partial charge in [0.25, 0.3) is 0 Å². The monoisotopic (exact) mass is 404 g/mol. The van der Waals surface area contributed by atoms with Gasteiger partial charge in [0, 0.05) is 17.4 Å². The molecule has 9 heteroatoms. The summed E-state index contributed by atoms with van der Waals surface area (Å²) >= 11 is 1.51. The Morgan fingerprint density at radius 2 is 2.11 bits per heavy atom. The summed E-state index contributed by atoms with van der Waals surface area (Å²) in [5.41, 5.74) is 2.37. The van der Waals surface area contributed by atoms with E-state index in [2.05, 4.69) is 5.32 Å². The zero-order valence-corrected chi connectivity index (χ0v) is 16.2. The number of benzene rings is 2. The van der Waals surface area contributed by atoms with Gasteiger partial charge in [0.2, 0.25) is 0 Å². The lowest BCUT2D eigenvalue weighted by atomic mass is 10.1. The maximum atomic E-state index is 11.2. The number of ether oxygens (including phenoxy) is 2. The summed E-state index contributed by atoms with van der Waals surface area (Å²) in [6.07, 6.45) is 0. The van der Waals surface area contributed by atoms with Crippen LogP contribution in [0.3, 0.4) is 0 Å². The first kappa shape index (κ1) is 20.0. The number of nitrogens with zero attached hydrogens (tertiary/aromatic N) is 1. The van der Waals surface area contributed by atoms with Gasteiger partial charge in [0.15, 0.2) is 5.75 Å². The number of carbonyl (C=O) groups is 1. The molecule has 0 saturated carbocycles. The molecule has 0 spiro atoms. The Bertz CT molecular complexity index is 904. The molecule has 2 N–H and O–H groups in total. The van der Waals surface area contributed by atoms with E-state index in [1.165, 1.54) is 24.9 Å². The number of aryl methyl sites for hydroxylation is 1. The fraction of sp³-hybridized carbons (Fsp3) is 0.316. The molecule has 0 aliphatic carbocycles. The van der Waals surface area contributed by atoms with Crippen LogP contribution in [0.5, 0.6) is 11.5 Å². The van der Waals surface area contributed by atoms with E-state index in [4.69, 9.17) is 14.6 Å². The number of aliphatic carboxylic acids is 1. The predicted molar refractivity (Wildman–Crippen MR) is 105 cm³/mol. The van der Waals surface area contributed by atoms with Crippen molar-refractivity contribution in [3.8, 4) is 11.5 Å². The maximum Gasteiger partial charge on any atom is 0.321 e. The number of thioether (sulfide) groups is 1. The second kappa shape index (κ2) is 8.49. The minimum Gasteiger partial charge on any atom is -0.496 e. The van der Waals surface area contributed by atoms with Crippen LogP contribution >= 0.6 is 11.8 Å². The van der Waals surface area contributed by atoms with Crippen molar-refractivity contribution in [3.05, 3.63) is 63.2 Å². The highest BCUT2D eigenvalue weighted by atomic mass is 32.2. The summed E-state index contributed by atoms with van der Waals surface area (Å²) in [6.45, 7) is 1.92. The van der Waals surface area contributed by atoms with Crippen molar-refractivity contribution in [2.75, 3.05) is 12.9 Å². The molecule has 2 aromatic carbocycles. The summed E-state index contributed by atoms with van der Waals surface area (Å²) in [5.74, 6) is 0.389. The lowest BCUT2D eigenvalue weighted by molar-refractivity contribution is -0.386. The molecule has 2 atom stereocenters. The fourth-order valence-corrected chi connectivity index (χ4v) is 4.15. The van der Waals surface area contributed by atoms with Crippen molar-refractivity contribution in [2.24, 2.45) is 0 Å². The van der Waals surface area contributed by atoms with Crippen molar-refractivity contribution in [3.63, 3.8) is 0 Å². The molecular formula is C19H20N2O6S. The third-order valence-corrected chi connectivity index (χ3v) is 5.65. The molecule has 0 radical (unpaired) electrons. The normalized spacial score (nSPS) is 18.6. The number of nitro benzene ring substituents is 1. The fourth-order valence-electron chi connectivity index (χ4n) is 2.92. The number of rotatable bonds is 7. The zero-order chi connectivity index (χ0) is 20.3. The molecule has 1 heterocycles. The van der Waals surface area contributed by atoms with Crippen LogP contribution in [0, 0.1) is 17.0 Å². The number of nitrogens with one attached hydrogen (secondary N) is 1. The Morgan fingerprint density at radius 1 is 1.32 bits per heavy atom. The van der Waals surface area contributed by atoms with Crippen molar-refractivity contribution < 1.29 is 24.3 Å². The number of carboxylic acid groups (broad SMARTS) is 1. The Kier molecular flexibility index (Phi) is 6.05. The van der Waals surface area contributed by atoms with E-state index >= 15 is 0 Å². The molecule has 3 rings (SSSR count). The Morgan fingerprint density at radius 3 is 2.75 bits per heavy atom. The van der Waals surface area contributed by atoms with E-state index in [0.29, 0.717) is 11.5 Å². The van der Waals surface area contributed by atoms with Gasteiger partial charge in [-0.1, -0.05) is 12.1 Å². The third-order valence-electron chi connectivity index (χ3n) is 4.38. The van der Waals surface area contributed by atoms with Gasteiger partial charge < -0.3 is 14.6 Å². The first-order valence-corrected chi connectivity index (χ1v) is 9.59. The third kappa shape index (κ3) is 4.37. The van der Waals surface area contributed by atoms with E-state index in [0.717, 1.165) is 16.7 Å². The van der Waals surface area contributed by atoms with E-state index in [9.17, 15) is 14.9 Å². The van der Waals surface area contributed by atoms with Crippen LogP contribution in [0.4, 0.5) is 5.69 Å². The quantitative estimate of drug-likeness (QED) is 0.534. The maximum absolute atomic E-state index is 11.2. The first-order valence-electron chi connectivity index (χ1n) is 8.54. The highest BCUT2D eigenvalue weighted by Crippen LogP contribution is 2.36. The molecular weight excluding hydrogens is 384 g/mol. The van der Waals surface area contributed by atoms with Crippen LogP contribution in [-0.2, 0) is 11.4 Å². The van der Waals surface area contributed by atoms with Gasteiger partial charge in [-0.25, -0.2) is 0 Å². The standard InChI is InChI=1S/C19H20N2O6S/c1-11-3-5-15(21(24)25)17(7-11)27-9-13-8-12(4-6-16(13)26-2)18-20-14(10-28-18)19(22)23/h3-8,14,18,20H,9-10H2,1-2H3,(H,22,23)/t14-,18+/m0/s1. The van der Waals surface area contributed by atoms with Crippen LogP contribution in [0.1, 0.15) is 22.1 Å². The van der Waals surface area contributed by atoms with Crippen LogP contribution in [0.2, 0.25) is 0 Å². The second-order valence-corrected chi connectivity index (χ2v) is 7.50. The molecule has 1 saturated heterocycles. The SMILES string of the molecule is COc1ccc([C@@H]2N[C@H](C(=O)O)CS2)cc1COc1cc(C)ccc1[N+](=O)[O-]. The molecule has 0 aromatic heterocycles. The number of hydrogen-bond donors (Lipinski definition) is 2. The topological polar surface area (TPSA) is 111 Å². The van der Waals surface area contributed by atoms with Gasteiger partial charge in [0.1, 0.15) is 18.4 Å². The number of nitro groups is 1. The summed E-state index contributed by atoms with van der Waals surface area (Å²) in [6, 6.07) is 9.64. The van der Waals surface area contributed by atoms with Crippen LogP contribution in [-0.4, -0.2) is 34.9 Å². The predicted octanol–water partition coefficient (Wildman–Crippen LogP) is 3.28. The second-order valence-electron chi connectivity index (χ2n) is 6.36. The van der Waals surface area contributed by atoms with Crippen molar-refractivity contribution in [2.45, 2.75) is 24.9 Å². The van der Waals surface area contributed by atoms with E-state index in [1.807, 2.05) is 19.1 Å². The minimum atomic E-state index is -0.876. The molecule has 0 bridgehead atoms. The van der Waals surface area contributed by atoms with Crippen molar-refractivity contribution >= 4 is 23.4 Å². The number of carboxylic acids is 1. The van der Waals surface area contributed by atoms with Gasteiger partial charge in [0.05, 0.1) is 17.4 Å². The summed E-state index contributed by atoms with van der Waals surface area (Å²) in [4.78, 5) is 21.9. The van der Waals surface area contributed by atoms with Crippen LogP contribution in [0.25, 0.3) is 0 Å². The Labute approximate surface area is 166 Å². The van der Waals surface area contributed by atoms with E-state index < -0.39 is 16.9 Å². The van der Waals surface area contributed by atoms with Crippen molar-refractivity contribution in [1.82, 2.24) is 5.32 Å². The lowest BCUT2D eigenvalue weighted by Gasteiger charge is -2.16. The molecule has 0 amide bonds. The van der Waals surface area contributed by atoms with Crippen molar-refractivity contribution in [1.29, 1.82) is 0 Å². The first-order chi connectivity index (χ1) is 13.4. The van der Waals surface area contributed by atoms with Gasteiger partial charge >= 0.3 is 11.7 Å². The molecule has 0 unspecified atom stereocenters. The van der Waals surface area contributed by atoms with E-state index in [-0.39, 0.29) is 23.4 Å². The lowest BCUT2D eigenvalue weighted by Crippen LogP contribution is -2.33. The summed E-state index contributed by atoms with van der Waals surface area (Å²) in [7, 11) is 1.54. The molecule has 8 nitrogen and oxygen atoms in total. The summed E-state index contributed by atoms with van der Waals surface area (Å²) < 4.78 is 11.1. The molecule has 148 valence electrons. The molecule has 28 heavy (non-hydrogen) atoms. The summed E-state index contributed by atoms with van der Waals surface area (Å²) in [5, 5.41) is 23.3. The Balaban J connectivity index is 1.81. The van der Waals surface area contributed by atoms with Gasteiger partial charge in [-0.05, 0) is 36.2 Å². The highest BCUT2D eigenvalue weighted by molar-refractivity contribution is 7.99. The average Bonchev–Trinajstić information content (AvgIpc) is 3.16. The zero-order valence-electron chi connectivity index (χ0n) is 15.4.